The minimum atomic E-state index is -0.311. The number of nitrogens with zero attached hydrogens (tertiary/aromatic N) is 3. The average Bonchev–Trinajstić information content (AvgIpc) is 2.69. The van der Waals surface area contributed by atoms with E-state index < -0.39 is 0 Å². The molecule has 1 aromatic heterocycles. The highest BCUT2D eigenvalue weighted by Gasteiger charge is 2.25. The van der Waals surface area contributed by atoms with Gasteiger partial charge < -0.3 is 19.9 Å². The van der Waals surface area contributed by atoms with Crippen molar-refractivity contribution in [3.8, 4) is 0 Å². The molecule has 1 saturated heterocycles. The second-order valence-electron chi connectivity index (χ2n) is 6.37. The summed E-state index contributed by atoms with van der Waals surface area (Å²) in [5.41, 5.74) is 0.768. The van der Waals surface area contributed by atoms with E-state index in [9.17, 15) is 14.4 Å². The summed E-state index contributed by atoms with van der Waals surface area (Å²) >= 11 is 0. The van der Waals surface area contributed by atoms with E-state index in [1.54, 1.807) is 22.8 Å². The van der Waals surface area contributed by atoms with Gasteiger partial charge in [0, 0.05) is 44.6 Å². The number of hydrogen-bond acceptors (Lipinski definition) is 5. The van der Waals surface area contributed by atoms with E-state index in [0.717, 1.165) is 0 Å². The van der Waals surface area contributed by atoms with Gasteiger partial charge in [0.05, 0.1) is 17.7 Å². The van der Waals surface area contributed by atoms with Crippen LogP contribution in [0.25, 0.3) is 0 Å². The van der Waals surface area contributed by atoms with Crippen LogP contribution in [0.5, 0.6) is 0 Å². The lowest BCUT2D eigenvalue weighted by atomic mass is 10.0. The standard InChI is InChI=1S/C19H28N4O4/c1-4-22(5-2)18(25)15-11-14(12-20-13-15)17(24)21-16-7-9-23(10-8-16)19(26)27-6-3/h11-13,16H,4-10H2,1-3H3,(H,21,24). The number of rotatable bonds is 6. The van der Waals surface area contributed by atoms with E-state index in [-0.39, 0.29) is 23.9 Å². The number of amides is 3. The number of carbonyl (C=O) groups excluding carboxylic acids is 3. The van der Waals surface area contributed by atoms with Gasteiger partial charge in [-0.25, -0.2) is 4.79 Å². The topological polar surface area (TPSA) is 91.8 Å². The molecule has 1 aliphatic heterocycles. The number of ether oxygens (including phenoxy) is 1. The number of aromatic nitrogens is 1. The lowest BCUT2D eigenvalue weighted by molar-refractivity contribution is 0.0772. The van der Waals surface area contributed by atoms with Crippen LogP contribution in [0, 0.1) is 0 Å². The summed E-state index contributed by atoms with van der Waals surface area (Å²) in [5, 5.41) is 2.97. The van der Waals surface area contributed by atoms with Gasteiger partial charge in [-0.3, -0.25) is 14.6 Å². The molecule has 0 bridgehead atoms. The predicted molar refractivity (Wildman–Crippen MR) is 101 cm³/mol. The third kappa shape index (κ3) is 5.42. The summed E-state index contributed by atoms with van der Waals surface area (Å²) in [6, 6.07) is 1.56. The smallest absolute Gasteiger partial charge is 0.409 e. The van der Waals surface area contributed by atoms with Gasteiger partial charge in [-0.2, -0.15) is 0 Å². The van der Waals surface area contributed by atoms with Crippen LogP contribution in [0.3, 0.4) is 0 Å². The van der Waals surface area contributed by atoms with Gasteiger partial charge in [0.25, 0.3) is 11.8 Å². The maximum atomic E-state index is 12.5. The maximum Gasteiger partial charge on any atom is 0.409 e. The Labute approximate surface area is 159 Å². The minimum absolute atomic E-state index is 0.0229. The van der Waals surface area contributed by atoms with Crippen molar-refractivity contribution >= 4 is 17.9 Å². The third-order valence-corrected chi connectivity index (χ3v) is 4.65. The molecule has 0 aromatic carbocycles. The van der Waals surface area contributed by atoms with Crippen LogP contribution >= 0.6 is 0 Å². The highest BCUT2D eigenvalue weighted by atomic mass is 16.6. The Balaban J connectivity index is 1.94. The monoisotopic (exact) mass is 376 g/mol. The zero-order valence-corrected chi connectivity index (χ0v) is 16.2. The van der Waals surface area contributed by atoms with Gasteiger partial charge in [-0.05, 0) is 39.7 Å². The molecule has 2 heterocycles. The van der Waals surface area contributed by atoms with Gasteiger partial charge in [0.2, 0.25) is 0 Å². The number of carbonyl (C=O) groups is 3. The van der Waals surface area contributed by atoms with Crippen molar-refractivity contribution in [1.82, 2.24) is 20.1 Å². The van der Waals surface area contributed by atoms with Gasteiger partial charge >= 0.3 is 6.09 Å². The van der Waals surface area contributed by atoms with Gasteiger partial charge in [-0.1, -0.05) is 0 Å². The van der Waals surface area contributed by atoms with Crippen LogP contribution in [-0.4, -0.2) is 71.5 Å². The van der Waals surface area contributed by atoms with Crippen molar-refractivity contribution in [3.05, 3.63) is 29.6 Å². The van der Waals surface area contributed by atoms with E-state index in [1.165, 1.54) is 12.4 Å². The van der Waals surface area contributed by atoms with Crippen molar-refractivity contribution in [2.45, 2.75) is 39.7 Å². The van der Waals surface area contributed by atoms with Crippen LogP contribution in [0.1, 0.15) is 54.3 Å². The number of nitrogens with one attached hydrogen (secondary N) is 1. The second-order valence-corrected chi connectivity index (χ2v) is 6.37. The molecule has 8 nitrogen and oxygen atoms in total. The van der Waals surface area contributed by atoms with Gasteiger partial charge in [-0.15, -0.1) is 0 Å². The molecule has 148 valence electrons. The molecule has 0 unspecified atom stereocenters. The number of likely N-dealkylation sites (tertiary alicyclic amines) is 1. The molecule has 2 rings (SSSR count). The normalized spacial score (nSPS) is 14.6. The van der Waals surface area contributed by atoms with Crippen LogP contribution in [0.15, 0.2) is 18.5 Å². The van der Waals surface area contributed by atoms with Gasteiger partial charge in [0.15, 0.2) is 0 Å². The minimum Gasteiger partial charge on any atom is -0.450 e. The highest BCUT2D eigenvalue weighted by Crippen LogP contribution is 2.13. The van der Waals surface area contributed by atoms with Crippen molar-refractivity contribution in [1.29, 1.82) is 0 Å². The van der Waals surface area contributed by atoms with Crippen molar-refractivity contribution in [2.75, 3.05) is 32.8 Å². The first kappa shape index (κ1) is 20.7. The molecule has 1 fully saturated rings. The predicted octanol–water partition coefficient (Wildman–Crippen LogP) is 1.91. The quantitative estimate of drug-likeness (QED) is 0.819. The second kappa shape index (κ2) is 9.89. The average molecular weight is 376 g/mol. The van der Waals surface area contributed by atoms with Crippen molar-refractivity contribution in [3.63, 3.8) is 0 Å². The largest absolute Gasteiger partial charge is 0.450 e. The zero-order chi connectivity index (χ0) is 19.8. The fourth-order valence-electron chi connectivity index (χ4n) is 3.06. The van der Waals surface area contributed by atoms with E-state index >= 15 is 0 Å². The summed E-state index contributed by atoms with van der Waals surface area (Å²) in [5.74, 6) is -0.392. The lowest BCUT2D eigenvalue weighted by Gasteiger charge is -2.31. The molecular weight excluding hydrogens is 348 g/mol. The molecule has 1 aliphatic rings. The van der Waals surface area contributed by atoms with Crippen LogP contribution < -0.4 is 5.32 Å². The molecule has 1 aromatic rings. The molecule has 0 atom stereocenters. The van der Waals surface area contributed by atoms with Crippen LogP contribution in [-0.2, 0) is 4.74 Å². The van der Waals surface area contributed by atoms with Crippen molar-refractivity contribution < 1.29 is 19.1 Å². The highest BCUT2D eigenvalue weighted by molar-refractivity contribution is 5.99. The SMILES string of the molecule is CCOC(=O)N1CCC(NC(=O)c2cncc(C(=O)N(CC)CC)c2)CC1. The van der Waals surface area contributed by atoms with E-state index in [4.69, 9.17) is 4.74 Å². The molecular formula is C19H28N4O4. The molecule has 1 N–H and O–H groups in total. The van der Waals surface area contributed by atoms with Crippen LogP contribution in [0.4, 0.5) is 4.79 Å². The number of pyridine rings is 1. The lowest BCUT2D eigenvalue weighted by Crippen LogP contribution is -2.46. The Morgan fingerprint density at radius 2 is 1.78 bits per heavy atom. The molecule has 0 saturated carbocycles. The molecule has 3 amide bonds. The van der Waals surface area contributed by atoms with Crippen LogP contribution in [0.2, 0.25) is 0 Å². The Kier molecular flexibility index (Phi) is 7.57. The van der Waals surface area contributed by atoms with E-state index in [1.807, 2.05) is 13.8 Å². The first-order valence-electron chi connectivity index (χ1n) is 9.46. The first-order valence-corrected chi connectivity index (χ1v) is 9.46. The van der Waals surface area contributed by atoms with E-state index in [2.05, 4.69) is 10.3 Å². The van der Waals surface area contributed by atoms with Crippen molar-refractivity contribution in [2.24, 2.45) is 0 Å². The Bertz CT molecular complexity index is 667. The first-order chi connectivity index (χ1) is 13.0. The molecule has 27 heavy (non-hydrogen) atoms. The summed E-state index contributed by atoms with van der Waals surface area (Å²) in [6.45, 7) is 8.24. The summed E-state index contributed by atoms with van der Waals surface area (Å²) in [4.78, 5) is 44.1. The Morgan fingerprint density at radius 3 is 2.37 bits per heavy atom. The van der Waals surface area contributed by atoms with Gasteiger partial charge in [0.1, 0.15) is 0 Å². The Hall–Kier alpha value is -2.64. The maximum absolute atomic E-state index is 12.5. The Morgan fingerprint density at radius 1 is 1.15 bits per heavy atom. The number of hydrogen-bond donors (Lipinski definition) is 1. The summed E-state index contributed by atoms with van der Waals surface area (Å²) in [6.07, 6.45) is 3.96. The molecule has 0 spiro atoms. The fourth-order valence-corrected chi connectivity index (χ4v) is 3.06. The molecule has 0 aliphatic carbocycles. The third-order valence-electron chi connectivity index (χ3n) is 4.65. The zero-order valence-electron chi connectivity index (χ0n) is 16.2. The molecule has 0 radical (unpaired) electrons. The fraction of sp³-hybridized carbons (Fsp3) is 0.579. The summed E-state index contributed by atoms with van der Waals surface area (Å²) < 4.78 is 5.00. The number of piperidine rings is 1. The van der Waals surface area contributed by atoms with E-state index in [0.29, 0.717) is 56.8 Å². The molecule has 8 heteroatoms. The summed E-state index contributed by atoms with van der Waals surface area (Å²) in [7, 11) is 0.